The van der Waals surface area contributed by atoms with Gasteiger partial charge in [-0.05, 0) is 55.8 Å². The molecule has 0 saturated carbocycles. The molecule has 5 rings (SSSR count). The number of amides is 2. The van der Waals surface area contributed by atoms with Crippen LogP contribution in [0.4, 0.5) is 10.2 Å². The first kappa shape index (κ1) is 25.7. The molecule has 0 aliphatic carbocycles. The molecule has 0 radical (unpaired) electrons. The van der Waals surface area contributed by atoms with Crippen LogP contribution in [0.1, 0.15) is 40.6 Å². The van der Waals surface area contributed by atoms with Crippen molar-refractivity contribution in [1.82, 2.24) is 30.3 Å². The number of hydrogen-bond acceptors (Lipinski definition) is 7. The molecule has 38 heavy (non-hydrogen) atoms. The first-order valence-electron chi connectivity index (χ1n) is 13.1. The van der Waals surface area contributed by atoms with Crippen LogP contribution in [-0.2, 0) is 0 Å². The van der Waals surface area contributed by atoms with E-state index in [1.54, 1.807) is 30.3 Å². The molecule has 2 fully saturated rings. The lowest BCUT2D eigenvalue weighted by Gasteiger charge is -2.34. The molecule has 10 heteroatoms. The SMILES string of the molecule is CCN1CCN(C(=O)c2ccc(N3CCC(NC(=O)c4ccc(-c5cccc(F)c5)nc4)CC3)nn2)CC1. The highest BCUT2D eigenvalue weighted by Gasteiger charge is 2.25. The number of carbonyl (C=O) groups is 2. The Hall–Kier alpha value is -3.92. The Labute approximate surface area is 221 Å². The average molecular weight is 518 g/mol. The van der Waals surface area contributed by atoms with Gasteiger partial charge >= 0.3 is 0 Å². The highest BCUT2D eigenvalue weighted by Crippen LogP contribution is 2.20. The van der Waals surface area contributed by atoms with E-state index in [1.165, 1.54) is 18.3 Å². The molecule has 1 N–H and O–H groups in total. The van der Waals surface area contributed by atoms with Gasteiger partial charge in [-0.2, -0.15) is 0 Å². The van der Waals surface area contributed by atoms with Gasteiger partial charge in [-0.1, -0.05) is 19.1 Å². The van der Waals surface area contributed by atoms with Crippen molar-refractivity contribution >= 4 is 17.6 Å². The third-order valence-corrected chi connectivity index (χ3v) is 7.28. The lowest BCUT2D eigenvalue weighted by atomic mass is 10.0. The Kier molecular flexibility index (Phi) is 7.88. The van der Waals surface area contributed by atoms with E-state index < -0.39 is 0 Å². The topological polar surface area (TPSA) is 94.6 Å². The van der Waals surface area contributed by atoms with Gasteiger partial charge in [0.2, 0.25) is 0 Å². The van der Waals surface area contributed by atoms with Crippen molar-refractivity contribution in [1.29, 1.82) is 0 Å². The molecule has 1 aromatic carbocycles. The summed E-state index contributed by atoms with van der Waals surface area (Å²) in [5.74, 6) is 0.164. The number of benzene rings is 1. The third-order valence-electron chi connectivity index (χ3n) is 7.28. The number of nitrogens with one attached hydrogen (secondary N) is 1. The van der Waals surface area contributed by atoms with Crippen molar-refractivity contribution < 1.29 is 14.0 Å². The van der Waals surface area contributed by atoms with Crippen LogP contribution < -0.4 is 10.2 Å². The highest BCUT2D eigenvalue weighted by molar-refractivity contribution is 5.94. The van der Waals surface area contributed by atoms with Gasteiger partial charge in [0, 0.05) is 57.1 Å². The Morgan fingerprint density at radius 1 is 0.974 bits per heavy atom. The summed E-state index contributed by atoms with van der Waals surface area (Å²) >= 11 is 0. The predicted octanol–water partition coefficient (Wildman–Crippen LogP) is 2.85. The number of piperazine rings is 1. The smallest absolute Gasteiger partial charge is 0.274 e. The van der Waals surface area contributed by atoms with Gasteiger partial charge in [-0.15, -0.1) is 10.2 Å². The van der Waals surface area contributed by atoms with Crippen molar-refractivity contribution in [2.24, 2.45) is 0 Å². The van der Waals surface area contributed by atoms with Gasteiger partial charge in [0.05, 0.1) is 11.3 Å². The summed E-state index contributed by atoms with van der Waals surface area (Å²) in [6.07, 6.45) is 3.06. The number of hydrogen-bond donors (Lipinski definition) is 1. The zero-order valence-corrected chi connectivity index (χ0v) is 21.5. The van der Waals surface area contributed by atoms with Gasteiger partial charge in [0.15, 0.2) is 11.5 Å². The normalized spacial score (nSPS) is 16.9. The second-order valence-electron chi connectivity index (χ2n) is 9.68. The van der Waals surface area contributed by atoms with Crippen molar-refractivity contribution in [3.8, 4) is 11.3 Å². The first-order valence-corrected chi connectivity index (χ1v) is 13.1. The number of likely N-dealkylation sites (N-methyl/N-ethyl adjacent to an activating group) is 1. The van der Waals surface area contributed by atoms with Crippen LogP contribution in [0.3, 0.4) is 0 Å². The zero-order valence-electron chi connectivity index (χ0n) is 21.5. The maximum absolute atomic E-state index is 13.5. The number of piperidine rings is 1. The molecular formula is C28H32FN7O2. The monoisotopic (exact) mass is 517 g/mol. The van der Waals surface area contributed by atoms with Gasteiger partial charge in [0.1, 0.15) is 5.82 Å². The maximum atomic E-state index is 13.5. The van der Waals surface area contributed by atoms with Crippen molar-refractivity contribution in [3.05, 3.63) is 71.8 Å². The van der Waals surface area contributed by atoms with E-state index in [9.17, 15) is 14.0 Å². The summed E-state index contributed by atoms with van der Waals surface area (Å²) in [7, 11) is 0. The van der Waals surface area contributed by atoms with Crippen LogP contribution in [0.15, 0.2) is 54.7 Å². The van der Waals surface area contributed by atoms with Crippen molar-refractivity contribution in [3.63, 3.8) is 0 Å². The highest BCUT2D eigenvalue weighted by atomic mass is 19.1. The van der Waals surface area contributed by atoms with Crippen LogP contribution in [0.2, 0.25) is 0 Å². The van der Waals surface area contributed by atoms with Crippen LogP contribution in [0.5, 0.6) is 0 Å². The van der Waals surface area contributed by atoms with Gasteiger partial charge in [-0.3, -0.25) is 14.6 Å². The standard InChI is InChI=1S/C28H32FN7O2/c1-2-34-14-16-36(17-15-34)28(38)25-8-9-26(33-32-25)35-12-10-23(11-13-35)31-27(37)21-6-7-24(30-19-21)20-4-3-5-22(29)18-20/h3-9,18-19,23H,2,10-17H2,1H3,(H,31,37). The largest absolute Gasteiger partial charge is 0.355 e. The van der Waals surface area contributed by atoms with E-state index in [2.05, 4.69) is 37.2 Å². The minimum atomic E-state index is -0.325. The molecule has 0 spiro atoms. The number of pyridine rings is 1. The number of anilines is 1. The summed E-state index contributed by atoms with van der Waals surface area (Å²) in [4.78, 5) is 36.2. The lowest BCUT2D eigenvalue weighted by Crippen LogP contribution is -2.48. The molecule has 4 heterocycles. The quantitative estimate of drug-likeness (QED) is 0.537. The van der Waals surface area contributed by atoms with Gasteiger partial charge in [-0.25, -0.2) is 4.39 Å². The van der Waals surface area contributed by atoms with E-state index in [0.717, 1.165) is 51.4 Å². The number of rotatable bonds is 6. The van der Waals surface area contributed by atoms with Crippen molar-refractivity contribution in [2.75, 3.05) is 50.7 Å². The Morgan fingerprint density at radius 2 is 1.76 bits per heavy atom. The second kappa shape index (κ2) is 11.6. The number of halogens is 1. The molecule has 9 nitrogen and oxygen atoms in total. The molecule has 2 amide bonds. The molecule has 2 saturated heterocycles. The fraction of sp³-hybridized carbons (Fsp3) is 0.393. The minimum absolute atomic E-state index is 0.0391. The van der Waals surface area contributed by atoms with Crippen LogP contribution in [0, 0.1) is 5.82 Å². The summed E-state index contributed by atoms with van der Waals surface area (Å²) in [6, 6.07) is 13.3. The Bertz CT molecular complexity index is 1250. The van der Waals surface area contributed by atoms with E-state index in [-0.39, 0.29) is 23.7 Å². The third kappa shape index (κ3) is 5.96. The minimum Gasteiger partial charge on any atom is -0.355 e. The number of aromatic nitrogens is 3. The molecule has 2 aliphatic rings. The van der Waals surface area contributed by atoms with E-state index in [1.807, 2.05) is 11.0 Å². The molecule has 2 aromatic heterocycles. The van der Waals surface area contributed by atoms with Crippen molar-refractivity contribution in [2.45, 2.75) is 25.8 Å². The molecular weight excluding hydrogens is 485 g/mol. The van der Waals surface area contributed by atoms with Gasteiger partial charge < -0.3 is 20.0 Å². The predicted molar refractivity (Wildman–Crippen MR) is 142 cm³/mol. The fourth-order valence-electron chi connectivity index (χ4n) is 4.91. The van der Waals surface area contributed by atoms with Gasteiger partial charge in [0.25, 0.3) is 11.8 Å². The molecule has 0 atom stereocenters. The van der Waals surface area contributed by atoms with E-state index in [0.29, 0.717) is 35.6 Å². The van der Waals surface area contributed by atoms with E-state index >= 15 is 0 Å². The first-order chi connectivity index (χ1) is 18.5. The summed E-state index contributed by atoms with van der Waals surface area (Å²) < 4.78 is 13.5. The lowest BCUT2D eigenvalue weighted by molar-refractivity contribution is 0.0636. The number of nitrogens with zero attached hydrogens (tertiary/aromatic N) is 6. The molecule has 0 bridgehead atoms. The molecule has 0 unspecified atom stereocenters. The van der Waals surface area contributed by atoms with E-state index in [4.69, 9.17) is 0 Å². The molecule has 2 aliphatic heterocycles. The molecule has 198 valence electrons. The summed E-state index contributed by atoms with van der Waals surface area (Å²) in [5.41, 5.74) is 2.12. The second-order valence-corrected chi connectivity index (χ2v) is 9.68. The average Bonchev–Trinajstić information content (AvgIpc) is 2.97. The van der Waals surface area contributed by atoms with Crippen LogP contribution in [-0.4, -0.2) is 88.7 Å². The Morgan fingerprint density at radius 3 is 2.39 bits per heavy atom. The Balaban J connectivity index is 1.11. The maximum Gasteiger partial charge on any atom is 0.274 e. The number of carbonyl (C=O) groups excluding carboxylic acids is 2. The fourth-order valence-corrected chi connectivity index (χ4v) is 4.91. The zero-order chi connectivity index (χ0) is 26.5. The summed E-state index contributed by atoms with van der Waals surface area (Å²) in [5, 5.41) is 11.6. The van der Waals surface area contributed by atoms with Crippen LogP contribution in [0.25, 0.3) is 11.3 Å². The summed E-state index contributed by atoms with van der Waals surface area (Å²) in [6.45, 7) is 7.77. The molecule has 3 aromatic rings. The van der Waals surface area contributed by atoms with Crippen LogP contribution >= 0.6 is 0 Å².